The summed E-state index contributed by atoms with van der Waals surface area (Å²) in [5, 5.41) is 0.212. The van der Waals surface area contributed by atoms with Gasteiger partial charge >= 0.3 is 0 Å². The van der Waals surface area contributed by atoms with Gasteiger partial charge in [0.1, 0.15) is 5.37 Å². The van der Waals surface area contributed by atoms with Crippen LogP contribution in [0.1, 0.15) is 17.5 Å². The standard InChI is InChI=1S/C12H18N2OS2/c1-13-6-3-5-10(13)12-14(7-4-8-16-2)11(15)9-17-12/h3,5-6,12H,4,7-9H2,1-2H3. The first-order valence-corrected chi connectivity index (χ1v) is 8.19. The Hall–Kier alpha value is -0.550. The molecule has 94 valence electrons. The predicted octanol–water partition coefficient (Wildman–Crippen LogP) is 2.35. The highest BCUT2D eigenvalue weighted by molar-refractivity contribution is 8.00. The van der Waals surface area contributed by atoms with Crippen molar-refractivity contribution in [2.24, 2.45) is 7.05 Å². The SMILES string of the molecule is CSCCCN1C(=O)CSC1c1cccn1C. The molecule has 0 aliphatic carbocycles. The number of carbonyl (C=O) groups excluding carboxylic acids is 1. The van der Waals surface area contributed by atoms with Crippen molar-refractivity contribution < 1.29 is 4.79 Å². The second-order valence-electron chi connectivity index (χ2n) is 4.14. The maximum atomic E-state index is 11.9. The maximum Gasteiger partial charge on any atom is 0.233 e. The molecule has 2 heterocycles. The van der Waals surface area contributed by atoms with E-state index in [4.69, 9.17) is 0 Å². The Labute approximate surface area is 111 Å². The van der Waals surface area contributed by atoms with E-state index in [-0.39, 0.29) is 11.3 Å². The van der Waals surface area contributed by atoms with Crippen molar-refractivity contribution in [1.82, 2.24) is 9.47 Å². The zero-order valence-corrected chi connectivity index (χ0v) is 11.9. The van der Waals surface area contributed by atoms with Crippen molar-refractivity contribution in [2.75, 3.05) is 24.3 Å². The summed E-state index contributed by atoms with van der Waals surface area (Å²) in [7, 11) is 2.04. The summed E-state index contributed by atoms with van der Waals surface area (Å²) in [5.74, 6) is 2.02. The van der Waals surface area contributed by atoms with Gasteiger partial charge in [-0.2, -0.15) is 11.8 Å². The van der Waals surface area contributed by atoms with Crippen molar-refractivity contribution in [3.05, 3.63) is 24.0 Å². The number of rotatable bonds is 5. The summed E-state index contributed by atoms with van der Waals surface area (Å²) >= 11 is 3.58. The van der Waals surface area contributed by atoms with E-state index >= 15 is 0 Å². The van der Waals surface area contributed by atoms with Crippen LogP contribution in [0.3, 0.4) is 0 Å². The van der Waals surface area contributed by atoms with Crippen LogP contribution < -0.4 is 0 Å². The van der Waals surface area contributed by atoms with Crippen LogP contribution in [0.2, 0.25) is 0 Å². The van der Waals surface area contributed by atoms with Gasteiger partial charge in [-0.1, -0.05) is 0 Å². The van der Waals surface area contributed by atoms with Gasteiger partial charge in [-0.15, -0.1) is 11.8 Å². The fourth-order valence-electron chi connectivity index (χ4n) is 2.05. The highest BCUT2D eigenvalue weighted by atomic mass is 32.2. The number of carbonyl (C=O) groups is 1. The highest BCUT2D eigenvalue weighted by Gasteiger charge is 2.33. The first-order valence-electron chi connectivity index (χ1n) is 5.75. The fraction of sp³-hybridized carbons (Fsp3) is 0.583. The topological polar surface area (TPSA) is 25.2 Å². The molecule has 0 saturated carbocycles. The average molecular weight is 270 g/mol. The van der Waals surface area contributed by atoms with Crippen molar-refractivity contribution in [1.29, 1.82) is 0 Å². The lowest BCUT2D eigenvalue weighted by molar-refractivity contribution is -0.128. The third-order valence-corrected chi connectivity index (χ3v) is 4.87. The van der Waals surface area contributed by atoms with Gasteiger partial charge in [0.05, 0.1) is 11.4 Å². The third-order valence-electron chi connectivity index (χ3n) is 2.95. The van der Waals surface area contributed by atoms with E-state index in [1.807, 2.05) is 36.0 Å². The number of nitrogens with zero attached hydrogens (tertiary/aromatic N) is 2. The van der Waals surface area contributed by atoms with E-state index in [1.54, 1.807) is 11.8 Å². The van der Waals surface area contributed by atoms with Crippen LogP contribution in [0, 0.1) is 0 Å². The third kappa shape index (κ3) is 2.83. The minimum Gasteiger partial charge on any atom is -0.352 e. The van der Waals surface area contributed by atoms with Gasteiger partial charge in [-0.3, -0.25) is 4.79 Å². The Morgan fingerprint density at radius 3 is 3.06 bits per heavy atom. The van der Waals surface area contributed by atoms with E-state index in [0.717, 1.165) is 18.7 Å². The molecular formula is C12H18N2OS2. The smallest absolute Gasteiger partial charge is 0.233 e. The van der Waals surface area contributed by atoms with Gasteiger partial charge < -0.3 is 9.47 Å². The van der Waals surface area contributed by atoms with Crippen LogP contribution in [0.5, 0.6) is 0 Å². The maximum absolute atomic E-state index is 11.9. The van der Waals surface area contributed by atoms with Gasteiger partial charge in [0.15, 0.2) is 0 Å². The Morgan fingerprint density at radius 1 is 1.59 bits per heavy atom. The van der Waals surface area contributed by atoms with Crippen LogP contribution in [-0.2, 0) is 11.8 Å². The Balaban J connectivity index is 2.06. The highest BCUT2D eigenvalue weighted by Crippen LogP contribution is 2.38. The van der Waals surface area contributed by atoms with E-state index in [2.05, 4.69) is 16.9 Å². The number of aryl methyl sites for hydroxylation is 1. The molecule has 1 fully saturated rings. The quantitative estimate of drug-likeness (QED) is 0.768. The molecule has 0 N–H and O–H groups in total. The zero-order valence-electron chi connectivity index (χ0n) is 10.3. The largest absolute Gasteiger partial charge is 0.352 e. The molecule has 0 bridgehead atoms. The molecule has 1 aromatic heterocycles. The zero-order chi connectivity index (χ0) is 12.3. The lowest BCUT2D eigenvalue weighted by Crippen LogP contribution is -2.30. The van der Waals surface area contributed by atoms with Gasteiger partial charge in [0.25, 0.3) is 0 Å². The number of thioether (sulfide) groups is 2. The second-order valence-corrected chi connectivity index (χ2v) is 6.19. The lowest BCUT2D eigenvalue weighted by Gasteiger charge is -2.24. The van der Waals surface area contributed by atoms with Crippen LogP contribution in [0.25, 0.3) is 0 Å². The van der Waals surface area contributed by atoms with Crippen molar-refractivity contribution >= 4 is 29.4 Å². The Kier molecular flexibility index (Phi) is 4.45. The first kappa shape index (κ1) is 12.9. The lowest BCUT2D eigenvalue weighted by atomic mass is 10.3. The van der Waals surface area contributed by atoms with E-state index in [1.165, 1.54) is 5.69 Å². The second kappa shape index (κ2) is 5.87. The summed E-state index contributed by atoms with van der Waals surface area (Å²) in [6.07, 6.45) is 5.22. The van der Waals surface area contributed by atoms with Crippen molar-refractivity contribution in [3.63, 3.8) is 0 Å². The number of aromatic nitrogens is 1. The predicted molar refractivity (Wildman–Crippen MR) is 75.3 cm³/mol. The van der Waals surface area contributed by atoms with Gasteiger partial charge in [0.2, 0.25) is 5.91 Å². The molecule has 1 atom stereocenters. The van der Waals surface area contributed by atoms with Gasteiger partial charge in [-0.05, 0) is 30.6 Å². The average Bonchev–Trinajstić information content (AvgIpc) is 2.87. The fourth-order valence-corrected chi connectivity index (χ4v) is 3.75. The monoisotopic (exact) mass is 270 g/mol. The summed E-state index contributed by atoms with van der Waals surface area (Å²) in [6, 6.07) is 4.15. The van der Waals surface area contributed by atoms with E-state index in [9.17, 15) is 4.79 Å². The number of hydrogen-bond donors (Lipinski definition) is 0. The molecule has 1 aliphatic heterocycles. The molecule has 0 spiro atoms. The molecule has 5 heteroatoms. The number of amides is 1. The molecule has 0 aromatic carbocycles. The van der Waals surface area contributed by atoms with Gasteiger partial charge in [0, 0.05) is 19.8 Å². The normalized spacial score (nSPS) is 20.2. The van der Waals surface area contributed by atoms with Crippen LogP contribution in [0.15, 0.2) is 18.3 Å². The molecule has 1 aromatic rings. The minimum absolute atomic E-state index is 0.212. The van der Waals surface area contributed by atoms with Crippen LogP contribution in [0.4, 0.5) is 0 Å². The van der Waals surface area contributed by atoms with Gasteiger partial charge in [-0.25, -0.2) is 0 Å². The summed E-state index contributed by atoms with van der Waals surface area (Å²) in [4.78, 5) is 13.9. The molecular weight excluding hydrogens is 252 g/mol. The van der Waals surface area contributed by atoms with E-state index < -0.39 is 0 Å². The summed E-state index contributed by atoms with van der Waals surface area (Å²) in [5.41, 5.74) is 1.23. The molecule has 3 nitrogen and oxygen atoms in total. The molecule has 1 saturated heterocycles. The molecule has 1 amide bonds. The Morgan fingerprint density at radius 2 is 2.41 bits per heavy atom. The molecule has 1 unspecified atom stereocenters. The first-order chi connectivity index (χ1) is 8.24. The van der Waals surface area contributed by atoms with E-state index in [0.29, 0.717) is 5.75 Å². The number of hydrogen-bond acceptors (Lipinski definition) is 3. The molecule has 1 aliphatic rings. The molecule has 17 heavy (non-hydrogen) atoms. The molecule has 0 radical (unpaired) electrons. The van der Waals surface area contributed by atoms with Crippen molar-refractivity contribution in [3.8, 4) is 0 Å². The van der Waals surface area contributed by atoms with Crippen LogP contribution >= 0.6 is 23.5 Å². The molecule has 2 rings (SSSR count). The van der Waals surface area contributed by atoms with Crippen molar-refractivity contribution in [2.45, 2.75) is 11.8 Å². The summed E-state index contributed by atoms with van der Waals surface area (Å²) < 4.78 is 2.11. The van der Waals surface area contributed by atoms with Crippen LogP contribution in [-0.4, -0.2) is 39.7 Å². The Bertz CT molecular complexity index is 392. The minimum atomic E-state index is 0.212. The summed E-state index contributed by atoms with van der Waals surface area (Å²) in [6.45, 7) is 0.878.